The van der Waals surface area contributed by atoms with Crippen molar-refractivity contribution >= 4 is 11.9 Å². The highest BCUT2D eigenvalue weighted by Gasteiger charge is 2.59. The Morgan fingerprint density at radius 2 is 2.04 bits per heavy atom. The van der Waals surface area contributed by atoms with Crippen molar-refractivity contribution in [3.05, 3.63) is 23.2 Å². The minimum atomic E-state index is -1.06. The van der Waals surface area contributed by atoms with E-state index in [0.717, 1.165) is 19.3 Å². The Kier molecular flexibility index (Phi) is 4.91. The predicted molar refractivity (Wildman–Crippen MR) is 91.9 cm³/mol. The average molecular weight is 349 g/mol. The van der Waals surface area contributed by atoms with Crippen LogP contribution < -0.4 is 0 Å². The molecular formula is C19H27NO5. The molecule has 25 heavy (non-hydrogen) atoms. The zero-order valence-electron chi connectivity index (χ0n) is 15.2. The van der Waals surface area contributed by atoms with Gasteiger partial charge in [-0.05, 0) is 26.2 Å². The molecule has 2 aliphatic rings. The van der Waals surface area contributed by atoms with Gasteiger partial charge in [0.1, 0.15) is 11.3 Å². The SMILES string of the molecule is CCOC1CC(N(C)C(=O)c2cc(C(=O)O)c(CC)o2)C12CCCC2. The molecule has 138 valence electrons. The van der Waals surface area contributed by atoms with Crippen molar-refractivity contribution in [2.45, 2.75) is 64.5 Å². The lowest BCUT2D eigenvalue weighted by atomic mass is 9.60. The van der Waals surface area contributed by atoms with Crippen LogP contribution in [0.15, 0.2) is 10.5 Å². The molecule has 2 atom stereocenters. The molecule has 1 aromatic heterocycles. The summed E-state index contributed by atoms with van der Waals surface area (Å²) in [6, 6.07) is 1.49. The van der Waals surface area contributed by atoms with Gasteiger partial charge >= 0.3 is 5.97 Å². The number of furan rings is 1. The second kappa shape index (κ2) is 6.83. The number of amides is 1. The van der Waals surface area contributed by atoms with Crippen molar-refractivity contribution in [2.24, 2.45) is 5.41 Å². The average Bonchev–Trinajstić information content (AvgIpc) is 3.25. The Bertz CT molecular complexity index is 659. The molecular weight excluding hydrogens is 322 g/mol. The second-order valence-corrected chi connectivity index (χ2v) is 7.16. The van der Waals surface area contributed by atoms with Gasteiger partial charge in [0.2, 0.25) is 0 Å². The fraction of sp³-hybridized carbons (Fsp3) is 0.684. The predicted octanol–water partition coefficient (Wildman–Crippen LogP) is 3.35. The molecule has 3 rings (SSSR count). The fourth-order valence-electron chi connectivity index (χ4n) is 4.69. The van der Waals surface area contributed by atoms with E-state index in [4.69, 9.17) is 9.15 Å². The lowest BCUT2D eigenvalue weighted by molar-refractivity contribution is -0.152. The number of ether oxygens (including phenoxy) is 1. The Hall–Kier alpha value is -1.82. The van der Waals surface area contributed by atoms with Crippen LogP contribution in [0.5, 0.6) is 0 Å². The number of carboxylic acids is 1. The lowest BCUT2D eigenvalue weighted by Gasteiger charge is -2.56. The lowest BCUT2D eigenvalue weighted by Crippen LogP contribution is -2.63. The van der Waals surface area contributed by atoms with Gasteiger partial charge in [0.05, 0.1) is 6.10 Å². The quantitative estimate of drug-likeness (QED) is 0.852. The van der Waals surface area contributed by atoms with Gasteiger partial charge in [0.15, 0.2) is 5.76 Å². The number of carbonyl (C=O) groups is 2. The number of carbonyl (C=O) groups excluding carboxylic acids is 1. The number of aryl methyl sites for hydroxylation is 1. The molecule has 6 nitrogen and oxygen atoms in total. The van der Waals surface area contributed by atoms with Crippen LogP contribution in [0.2, 0.25) is 0 Å². The van der Waals surface area contributed by atoms with Gasteiger partial charge in [-0.1, -0.05) is 19.8 Å². The molecule has 0 aliphatic heterocycles. The molecule has 1 N–H and O–H groups in total. The molecule has 0 radical (unpaired) electrons. The van der Waals surface area contributed by atoms with E-state index < -0.39 is 5.97 Å². The summed E-state index contributed by atoms with van der Waals surface area (Å²) in [5, 5.41) is 9.26. The summed E-state index contributed by atoms with van der Waals surface area (Å²) in [6.45, 7) is 4.51. The summed E-state index contributed by atoms with van der Waals surface area (Å²) in [5.74, 6) is -0.839. The van der Waals surface area contributed by atoms with Gasteiger partial charge in [-0.2, -0.15) is 0 Å². The number of aromatic carboxylic acids is 1. The van der Waals surface area contributed by atoms with Crippen molar-refractivity contribution in [3.63, 3.8) is 0 Å². The van der Waals surface area contributed by atoms with Crippen molar-refractivity contribution in [2.75, 3.05) is 13.7 Å². The van der Waals surface area contributed by atoms with E-state index in [1.54, 1.807) is 11.9 Å². The Balaban J connectivity index is 1.80. The van der Waals surface area contributed by atoms with E-state index >= 15 is 0 Å². The number of nitrogens with zero attached hydrogens (tertiary/aromatic N) is 1. The van der Waals surface area contributed by atoms with Crippen LogP contribution in [0.3, 0.4) is 0 Å². The Morgan fingerprint density at radius 3 is 2.56 bits per heavy atom. The second-order valence-electron chi connectivity index (χ2n) is 7.16. The fourth-order valence-corrected chi connectivity index (χ4v) is 4.69. The minimum absolute atomic E-state index is 0.0518. The molecule has 0 aromatic carbocycles. The van der Waals surface area contributed by atoms with Gasteiger partial charge in [0, 0.05) is 37.6 Å². The smallest absolute Gasteiger partial charge is 0.339 e. The summed E-state index contributed by atoms with van der Waals surface area (Å²) in [7, 11) is 1.80. The Morgan fingerprint density at radius 1 is 1.36 bits per heavy atom. The monoisotopic (exact) mass is 349 g/mol. The maximum Gasteiger partial charge on any atom is 0.339 e. The standard InChI is InChI=1S/C19H27NO5/c1-4-13-12(18(22)23)10-14(25-13)17(21)20(3)15-11-16(24-5-2)19(15)8-6-7-9-19/h10,15-16H,4-9,11H2,1-3H3,(H,22,23). The number of rotatable bonds is 6. The molecule has 2 fully saturated rings. The summed E-state index contributed by atoms with van der Waals surface area (Å²) in [4.78, 5) is 25.9. The zero-order valence-corrected chi connectivity index (χ0v) is 15.2. The minimum Gasteiger partial charge on any atom is -0.478 e. The van der Waals surface area contributed by atoms with E-state index in [1.165, 1.54) is 18.9 Å². The first-order chi connectivity index (χ1) is 11.9. The molecule has 1 heterocycles. The number of carboxylic acid groups (broad SMARTS) is 1. The number of hydrogen-bond acceptors (Lipinski definition) is 4. The van der Waals surface area contributed by atoms with Crippen molar-refractivity contribution in [3.8, 4) is 0 Å². The van der Waals surface area contributed by atoms with Crippen LogP contribution in [0, 0.1) is 5.41 Å². The third kappa shape index (κ3) is 2.86. The van der Waals surface area contributed by atoms with Crippen LogP contribution >= 0.6 is 0 Å². The number of hydrogen-bond donors (Lipinski definition) is 1. The van der Waals surface area contributed by atoms with Gasteiger partial charge in [0.25, 0.3) is 5.91 Å². The first kappa shape index (κ1) is 18.0. The molecule has 1 amide bonds. The largest absolute Gasteiger partial charge is 0.478 e. The van der Waals surface area contributed by atoms with Gasteiger partial charge < -0.3 is 19.2 Å². The highest BCUT2D eigenvalue weighted by atomic mass is 16.5. The molecule has 2 aliphatic carbocycles. The van der Waals surface area contributed by atoms with Crippen LogP contribution in [-0.4, -0.2) is 47.7 Å². The van der Waals surface area contributed by atoms with Crippen LogP contribution in [0.25, 0.3) is 0 Å². The third-order valence-corrected chi connectivity index (χ3v) is 6.00. The van der Waals surface area contributed by atoms with E-state index in [9.17, 15) is 14.7 Å². The van der Waals surface area contributed by atoms with Crippen molar-refractivity contribution in [1.82, 2.24) is 4.90 Å². The van der Waals surface area contributed by atoms with E-state index in [1.807, 2.05) is 13.8 Å². The van der Waals surface area contributed by atoms with E-state index in [2.05, 4.69) is 0 Å². The zero-order chi connectivity index (χ0) is 18.2. The van der Waals surface area contributed by atoms with Crippen LogP contribution in [-0.2, 0) is 11.2 Å². The highest BCUT2D eigenvalue weighted by Crippen LogP contribution is 2.56. The first-order valence-corrected chi connectivity index (χ1v) is 9.19. The molecule has 6 heteroatoms. The maximum absolute atomic E-state index is 12.9. The van der Waals surface area contributed by atoms with Crippen LogP contribution in [0.1, 0.15) is 72.6 Å². The molecule has 2 saturated carbocycles. The molecule has 1 aromatic rings. The Labute approximate surface area is 148 Å². The van der Waals surface area contributed by atoms with Crippen LogP contribution in [0.4, 0.5) is 0 Å². The maximum atomic E-state index is 12.9. The molecule has 0 bridgehead atoms. The highest BCUT2D eigenvalue weighted by molar-refractivity contribution is 5.96. The van der Waals surface area contributed by atoms with E-state index in [-0.39, 0.29) is 34.8 Å². The topological polar surface area (TPSA) is 80.0 Å². The summed E-state index contributed by atoms with van der Waals surface area (Å²) < 4.78 is 11.5. The molecule has 2 unspecified atom stereocenters. The van der Waals surface area contributed by atoms with Crippen molar-refractivity contribution in [1.29, 1.82) is 0 Å². The molecule has 1 spiro atoms. The molecule has 0 saturated heterocycles. The normalized spacial score (nSPS) is 24.3. The van der Waals surface area contributed by atoms with Gasteiger partial charge in [-0.15, -0.1) is 0 Å². The van der Waals surface area contributed by atoms with Gasteiger partial charge in [-0.3, -0.25) is 4.79 Å². The first-order valence-electron chi connectivity index (χ1n) is 9.19. The third-order valence-electron chi connectivity index (χ3n) is 6.00. The summed E-state index contributed by atoms with van der Waals surface area (Å²) in [6.07, 6.45) is 6.01. The summed E-state index contributed by atoms with van der Waals surface area (Å²) in [5.41, 5.74) is 0.131. The van der Waals surface area contributed by atoms with E-state index in [0.29, 0.717) is 18.8 Å². The van der Waals surface area contributed by atoms with Crippen molar-refractivity contribution < 1.29 is 23.8 Å². The van der Waals surface area contributed by atoms with Gasteiger partial charge in [-0.25, -0.2) is 4.79 Å². The summed E-state index contributed by atoms with van der Waals surface area (Å²) >= 11 is 0.